The predicted molar refractivity (Wildman–Crippen MR) is 221 cm³/mol. The number of rotatable bonds is 3. The zero-order valence-electron chi connectivity index (χ0n) is 30.6. The molecule has 2 aromatic heterocycles. The van der Waals surface area contributed by atoms with Crippen LogP contribution in [-0.4, -0.2) is 11.3 Å². The maximum absolute atomic E-state index is 7.14. The van der Waals surface area contributed by atoms with Crippen molar-refractivity contribution in [2.75, 3.05) is 4.90 Å². The second-order valence-corrected chi connectivity index (χ2v) is 16.8. The smallest absolute Gasteiger partial charge is 0.273 e. The third kappa shape index (κ3) is 4.53. The lowest BCUT2D eigenvalue weighted by atomic mass is 9.37. The highest BCUT2D eigenvalue weighted by molar-refractivity contribution is 7.33. The monoisotopic (exact) mass is 694 g/mol. The summed E-state index contributed by atoms with van der Waals surface area (Å²) in [6.45, 7) is 13.2. The van der Waals surface area contributed by atoms with Crippen LogP contribution in [0.4, 0.5) is 17.1 Å². The van der Waals surface area contributed by atoms with E-state index in [0.717, 1.165) is 62.1 Å². The van der Waals surface area contributed by atoms with Gasteiger partial charge in [-0.3, -0.25) is 0 Å². The lowest BCUT2D eigenvalue weighted by molar-refractivity contribution is 0.469. The summed E-state index contributed by atoms with van der Waals surface area (Å²) in [5, 5.41) is 3.55. The Morgan fingerprint density at radius 2 is 1.31 bits per heavy atom. The standard InChI is InChI=1S/C46H39BN2O2S/c1-26-12-17-30(18-13-26)49(31-19-14-27(2)15-20-31)36-25-34-44(42-40(36)32-10-8-9-11-35(32)48(42)7)51-38-23-28(3)22-37-41(38)47(34)45-43(50-37)33-24-29(46(4,5)6)16-21-39(33)52-45/h8-25H,1-7H3. The van der Waals surface area contributed by atoms with Gasteiger partial charge in [0.05, 0.1) is 11.2 Å². The number of ether oxygens (including phenoxy) is 2. The molecule has 0 N–H and O–H groups in total. The number of nitrogens with zero attached hydrogens (tertiary/aromatic N) is 2. The molecule has 254 valence electrons. The van der Waals surface area contributed by atoms with Gasteiger partial charge in [-0.2, -0.15) is 0 Å². The maximum Gasteiger partial charge on any atom is 0.273 e. The normalized spacial score (nSPS) is 13.2. The Kier molecular flexibility index (Phi) is 6.63. The van der Waals surface area contributed by atoms with Gasteiger partial charge in [-0.05, 0) is 103 Å². The van der Waals surface area contributed by atoms with Crippen molar-refractivity contribution in [3.05, 3.63) is 131 Å². The lowest BCUT2D eigenvalue weighted by Gasteiger charge is -2.34. The molecule has 6 heteroatoms. The van der Waals surface area contributed by atoms with E-state index < -0.39 is 0 Å². The lowest BCUT2D eigenvalue weighted by Crippen LogP contribution is -2.56. The Bertz CT molecular complexity index is 2720. The van der Waals surface area contributed by atoms with Crippen LogP contribution in [0.25, 0.3) is 31.9 Å². The van der Waals surface area contributed by atoms with Gasteiger partial charge in [0, 0.05) is 55.0 Å². The first-order valence-corrected chi connectivity index (χ1v) is 18.9. The predicted octanol–water partition coefficient (Wildman–Crippen LogP) is 11.0. The molecular formula is C46H39BN2O2S. The molecule has 0 fully saturated rings. The van der Waals surface area contributed by atoms with Gasteiger partial charge in [0.1, 0.15) is 23.0 Å². The van der Waals surface area contributed by atoms with Crippen molar-refractivity contribution in [2.24, 2.45) is 7.05 Å². The van der Waals surface area contributed by atoms with Crippen LogP contribution in [0.15, 0.2) is 109 Å². The van der Waals surface area contributed by atoms with Crippen LogP contribution < -0.4 is 30.1 Å². The molecule has 0 saturated heterocycles. The molecule has 52 heavy (non-hydrogen) atoms. The summed E-state index contributed by atoms with van der Waals surface area (Å²) in [4.78, 5) is 2.43. The molecule has 4 heterocycles. The van der Waals surface area contributed by atoms with Crippen LogP contribution in [0.2, 0.25) is 0 Å². The highest BCUT2D eigenvalue weighted by Gasteiger charge is 2.44. The topological polar surface area (TPSA) is 26.6 Å². The van der Waals surface area contributed by atoms with E-state index in [1.54, 1.807) is 0 Å². The highest BCUT2D eigenvalue weighted by atomic mass is 32.1. The van der Waals surface area contributed by atoms with Gasteiger partial charge < -0.3 is 18.9 Å². The fourth-order valence-electron chi connectivity index (χ4n) is 8.34. The number of aryl methyl sites for hydroxylation is 4. The van der Waals surface area contributed by atoms with Crippen molar-refractivity contribution < 1.29 is 9.47 Å². The van der Waals surface area contributed by atoms with Crippen LogP contribution in [-0.2, 0) is 12.5 Å². The van der Waals surface area contributed by atoms with Crippen LogP contribution in [0.5, 0.6) is 23.0 Å². The molecule has 4 nitrogen and oxygen atoms in total. The SMILES string of the molecule is Cc1ccc(N(c2ccc(C)cc2)c2cc3c(c4c2c2ccccc2n4C)Oc2cc(C)cc4c2B3c2sc3ccc(C(C)(C)C)cc3c2O4)cc1. The summed E-state index contributed by atoms with van der Waals surface area (Å²) in [5.41, 5.74) is 12.8. The number of fused-ring (bicyclic) bond motifs is 10. The first-order chi connectivity index (χ1) is 25.0. The van der Waals surface area contributed by atoms with Gasteiger partial charge in [-0.15, -0.1) is 11.3 Å². The van der Waals surface area contributed by atoms with E-state index in [-0.39, 0.29) is 12.1 Å². The maximum atomic E-state index is 7.14. The summed E-state index contributed by atoms with van der Waals surface area (Å²) in [6, 6.07) is 40.2. The van der Waals surface area contributed by atoms with E-state index in [2.05, 4.69) is 167 Å². The minimum absolute atomic E-state index is 0.0229. The minimum Gasteiger partial charge on any atom is -0.457 e. The average molecular weight is 695 g/mol. The minimum atomic E-state index is -0.0624. The quantitative estimate of drug-likeness (QED) is 0.172. The number of hydrogen-bond acceptors (Lipinski definition) is 4. The summed E-state index contributed by atoms with van der Waals surface area (Å²) >= 11 is 1.85. The number of benzene rings is 6. The van der Waals surface area contributed by atoms with E-state index in [9.17, 15) is 0 Å². The first-order valence-electron chi connectivity index (χ1n) is 18.1. The molecule has 0 amide bonds. The van der Waals surface area contributed by atoms with Gasteiger partial charge in [0.25, 0.3) is 6.71 Å². The number of hydrogen-bond donors (Lipinski definition) is 0. The van der Waals surface area contributed by atoms with Crippen LogP contribution in [0.1, 0.15) is 43.0 Å². The van der Waals surface area contributed by atoms with Crippen LogP contribution in [0.3, 0.4) is 0 Å². The Morgan fingerprint density at radius 3 is 1.96 bits per heavy atom. The molecule has 0 atom stereocenters. The van der Waals surface area contributed by atoms with E-state index in [1.165, 1.54) is 47.8 Å². The molecule has 8 aromatic rings. The van der Waals surface area contributed by atoms with E-state index >= 15 is 0 Å². The summed E-state index contributed by atoms with van der Waals surface area (Å²) < 4.78 is 18.9. The Labute approximate surface area is 308 Å². The van der Waals surface area contributed by atoms with Crippen LogP contribution >= 0.6 is 11.3 Å². The second kappa shape index (κ2) is 11.0. The largest absolute Gasteiger partial charge is 0.457 e. The zero-order valence-corrected chi connectivity index (χ0v) is 31.4. The first kappa shape index (κ1) is 31.3. The van der Waals surface area contributed by atoms with E-state index in [4.69, 9.17) is 9.47 Å². The molecule has 0 spiro atoms. The van der Waals surface area contributed by atoms with Crippen molar-refractivity contribution >= 4 is 82.7 Å². The van der Waals surface area contributed by atoms with E-state index in [0.29, 0.717) is 0 Å². The van der Waals surface area contributed by atoms with Crippen molar-refractivity contribution in [3.63, 3.8) is 0 Å². The number of para-hydroxylation sites is 1. The van der Waals surface area contributed by atoms with Gasteiger partial charge in [-0.1, -0.05) is 80.4 Å². The van der Waals surface area contributed by atoms with Gasteiger partial charge in [-0.25, -0.2) is 0 Å². The molecule has 0 radical (unpaired) electrons. The fourth-order valence-corrected chi connectivity index (χ4v) is 9.58. The molecule has 0 saturated carbocycles. The highest BCUT2D eigenvalue weighted by Crippen LogP contribution is 2.49. The summed E-state index contributed by atoms with van der Waals surface area (Å²) in [7, 11) is 2.18. The van der Waals surface area contributed by atoms with Gasteiger partial charge >= 0.3 is 0 Å². The molecule has 0 aliphatic carbocycles. The average Bonchev–Trinajstić information content (AvgIpc) is 3.64. The number of aromatic nitrogens is 1. The molecule has 6 aromatic carbocycles. The second-order valence-electron chi connectivity index (χ2n) is 15.7. The van der Waals surface area contributed by atoms with E-state index in [1.807, 2.05) is 11.3 Å². The van der Waals surface area contributed by atoms with Gasteiger partial charge in [0.15, 0.2) is 0 Å². The molecule has 10 rings (SSSR count). The van der Waals surface area contributed by atoms with Gasteiger partial charge in [0.2, 0.25) is 0 Å². The van der Waals surface area contributed by atoms with Crippen LogP contribution in [0, 0.1) is 20.8 Å². The molecule has 2 aliphatic heterocycles. The molecular weight excluding hydrogens is 655 g/mol. The molecule has 0 bridgehead atoms. The summed E-state index contributed by atoms with van der Waals surface area (Å²) in [5.74, 6) is 3.64. The third-order valence-corrected chi connectivity index (χ3v) is 12.2. The Morgan fingerprint density at radius 1 is 0.673 bits per heavy atom. The summed E-state index contributed by atoms with van der Waals surface area (Å²) in [6.07, 6.45) is 0. The Hall–Kier alpha value is -5.46. The number of anilines is 3. The van der Waals surface area contributed by atoms with Crippen molar-refractivity contribution in [1.29, 1.82) is 0 Å². The number of thiophene rings is 1. The molecule has 0 unspecified atom stereocenters. The zero-order chi connectivity index (χ0) is 35.6. The van der Waals surface area contributed by atoms with Crippen molar-refractivity contribution in [2.45, 2.75) is 47.0 Å². The Balaban J connectivity index is 1.34. The van der Waals surface area contributed by atoms with Crippen molar-refractivity contribution in [1.82, 2.24) is 4.57 Å². The third-order valence-electron chi connectivity index (χ3n) is 11.0. The van der Waals surface area contributed by atoms with Crippen molar-refractivity contribution in [3.8, 4) is 23.0 Å². The fraction of sp³-hybridized carbons (Fsp3) is 0.174. The molecule has 2 aliphatic rings.